The van der Waals surface area contributed by atoms with Gasteiger partial charge < -0.3 is 15.8 Å². The van der Waals surface area contributed by atoms with Crippen molar-refractivity contribution < 1.29 is 4.74 Å². The molecule has 0 heterocycles. The summed E-state index contributed by atoms with van der Waals surface area (Å²) in [6.07, 6.45) is 13.2. The highest BCUT2D eigenvalue weighted by molar-refractivity contribution is 4.66. The Labute approximate surface area is 120 Å². The molecule has 19 heavy (non-hydrogen) atoms. The highest BCUT2D eigenvalue weighted by Gasteiger charge is 2.06. The Kier molecular flexibility index (Phi) is 15.8. The Hall–Kier alpha value is -0.120. The van der Waals surface area contributed by atoms with Crippen LogP contribution in [0.25, 0.3) is 0 Å². The molecule has 0 fully saturated rings. The first-order valence-electron chi connectivity index (χ1n) is 8.27. The molecule has 0 aliphatic heterocycles. The van der Waals surface area contributed by atoms with Gasteiger partial charge in [0.05, 0.1) is 6.61 Å². The lowest BCUT2D eigenvalue weighted by Gasteiger charge is -2.17. The normalized spacial score (nSPS) is 12.8. The molecule has 0 bridgehead atoms. The van der Waals surface area contributed by atoms with Gasteiger partial charge in [-0.1, -0.05) is 51.9 Å². The minimum Gasteiger partial charge on any atom is -0.383 e. The lowest BCUT2D eigenvalue weighted by Crippen LogP contribution is -2.34. The molecule has 3 heteroatoms. The average Bonchev–Trinajstić information content (AvgIpc) is 2.42. The van der Waals surface area contributed by atoms with E-state index in [1.54, 1.807) is 7.11 Å². The topological polar surface area (TPSA) is 47.3 Å². The minimum absolute atomic E-state index is 0.484. The van der Waals surface area contributed by atoms with Crippen LogP contribution < -0.4 is 11.1 Å². The molecule has 0 saturated heterocycles. The minimum atomic E-state index is 0.484. The molecule has 0 spiro atoms. The van der Waals surface area contributed by atoms with E-state index in [4.69, 9.17) is 10.5 Å². The maximum atomic E-state index is 5.55. The van der Waals surface area contributed by atoms with E-state index in [1.807, 2.05) is 0 Å². The second kappa shape index (κ2) is 15.9. The van der Waals surface area contributed by atoms with E-state index in [1.165, 1.54) is 51.4 Å². The van der Waals surface area contributed by atoms with E-state index in [0.717, 1.165) is 32.5 Å². The van der Waals surface area contributed by atoms with E-state index >= 15 is 0 Å². The van der Waals surface area contributed by atoms with Gasteiger partial charge in [0.1, 0.15) is 0 Å². The first kappa shape index (κ1) is 18.9. The third-order valence-electron chi connectivity index (χ3n) is 3.59. The van der Waals surface area contributed by atoms with Gasteiger partial charge in [0.25, 0.3) is 0 Å². The molecule has 0 rings (SSSR count). The van der Waals surface area contributed by atoms with Gasteiger partial charge in [-0.15, -0.1) is 0 Å². The van der Waals surface area contributed by atoms with Gasteiger partial charge in [-0.3, -0.25) is 0 Å². The van der Waals surface area contributed by atoms with Crippen LogP contribution in [0.2, 0.25) is 0 Å². The Bertz CT molecular complexity index is 165. The van der Waals surface area contributed by atoms with Crippen LogP contribution in [-0.2, 0) is 4.74 Å². The third-order valence-corrected chi connectivity index (χ3v) is 3.59. The number of unbranched alkanes of at least 4 members (excludes halogenated alkanes) is 7. The van der Waals surface area contributed by atoms with Crippen molar-refractivity contribution in [1.29, 1.82) is 0 Å². The van der Waals surface area contributed by atoms with Crippen LogP contribution >= 0.6 is 0 Å². The summed E-state index contributed by atoms with van der Waals surface area (Å²) in [7, 11) is 1.77. The zero-order chi connectivity index (χ0) is 14.2. The van der Waals surface area contributed by atoms with E-state index < -0.39 is 0 Å². The van der Waals surface area contributed by atoms with Gasteiger partial charge in [-0.2, -0.15) is 0 Å². The molecule has 0 aromatic heterocycles. The van der Waals surface area contributed by atoms with Crippen LogP contribution in [0.15, 0.2) is 0 Å². The molecular formula is C16H36N2O. The van der Waals surface area contributed by atoms with Gasteiger partial charge in [-0.05, 0) is 32.4 Å². The SMILES string of the molecule is CCCCCCCCCCNC(CCCN)COC. The van der Waals surface area contributed by atoms with Gasteiger partial charge in [-0.25, -0.2) is 0 Å². The lowest BCUT2D eigenvalue weighted by atomic mass is 10.1. The molecule has 0 aromatic carbocycles. The number of ether oxygens (including phenoxy) is 1. The highest BCUT2D eigenvalue weighted by atomic mass is 16.5. The molecular weight excluding hydrogens is 236 g/mol. The van der Waals surface area contributed by atoms with Gasteiger partial charge in [0, 0.05) is 13.2 Å². The van der Waals surface area contributed by atoms with Crippen molar-refractivity contribution in [2.24, 2.45) is 5.73 Å². The molecule has 0 saturated carbocycles. The first-order chi connectivity index (χ1) is 9.35. The Morgan fingerprint density at radius 1 is 0.947 bits per heavy atom. The summed E-state index contributed by atoms with van der Waals surface area (Å²) in [5.41, 5.74) is 5.55. The van der Waals surface area contributed by atoms with Crippen LogP contribution in [0, 0.1) is 0 Å². The van der Waals surface area contributed by atoms with Crippen molar-refractivity contribution in [2.45, 2.75) is 77.2 Å². The predicted octanol–water partition coefficient (Wildman–Crippen LogP) is 3.47. The molecule has 3 N–H and O–H groups in total. The Morgan fingerprint density at radius 3 is 2.16 bits per heavy atom. The van der Waals surface area contributed by atoms with Crippen LogP contribution in [0.5, 0.6) is 0 Å². The van der Waals surface area contributed by atoms with Crippen molar-refractivity contribution in [3.05, 3.63) is 0 Å². The molecule has 0 radical (unpaired) electrons. The van der Waals surface area contributed by atoms with Crippen LogP contribution in [0.4, 0.5) is 0 Å². The number of hydrogen-bond acceptors (Lipinski definition) is 3. The highest BCUT2D eigenvalue weighted by Crippen LogP contribution is 2.08. The van der Waals surface area contributed by atoms with Crippen molar-refractivity contribution in [3.8, 4) is 0 Å². The molecule has 116 valence electrons. The summed E-state index contributed by atoms with van der Waals surface area (Å²) < 4.78 is 5.23. The van der Waals surface area contributed by atoms with E-state index in [2.05, 4.69) is 12.2 Å². The summed E-state index contributed by atoms with van der Waals surface area (Å²) in [5, 5.41) is 3.59. The van der Waals surface area contributed by atoms with E-state index in [0.29, 0.717) is 6.04 Å². The van der Waals surface area contributed by atoms with E-state index in [-0.39, 0.29) is 0 Å². The standard InChI is InChI=1S/C16H36N2O/c1-3-4-5-6-7-8-9-10-14-18-16(15-19-2)12-11-13-17/h16,18H,3-15,17H2,1-2H3. The van der Waals surface area contributed by atoms with Crippen LogP contribution in [0.3, 0.4) is 0 Å². The van der Waals surface area contributed by atoms with Crippen molar-refractivity contribution in [1.82, 2.24) is 5.32 Å². The summed E-state index contributed by atoms with van der Waals surface area (Å²) in [6.45, 7) is 4.97. The Balaban J connectivity index is 3.29. The van der Waals surface area contributed by atoms with Crippen LogP contribution in [-0.4, -0.2) is 32.8 Å². The van der Waals surface area contributed by atoms with E-state index in [9.17, 15) is 0 Å². The average molecular weight is 272 g/mol. The number of nitrogens with two attached hydrogens (primary N) is 1. The van der Waals surface area contributed by atoms with Crippen molar-refractivity contribution in [2.75, 3.05) is 26.8 Å². The first-order valence-corrected chi connectivity index (χ1v) is 8.27. The maximum absolute atomic E-state index is 5.55. The zero-order valence-electron chi connectivity index (χ0n) is 13.3. The predicted molar refractivity (Wildman–Crippen MR) is 84.6 cm³/mol. The second-order valence-corrected chi connectivity index (χ2v) is 5.51. The monoisotopic (exact) mass is 272 g/mol. The molecule has 0 aromatic rings. The van der Waals surface area contributed by atoms with Gasteiger partial charge in [0.2, 0.25) is 0 Å². The Morgan fingerprint density at radius 2 is 1.58 bits per heavy atom. The number of hydrogen-bond donors (Lipinski definition) is 2. The van der Waals surface area contributed by atoms with Crippen LogP contribution in [0.1, 0.15) is 71.1 Å². The fourth-order valence-electron chi connectivity index (χ4n) is 2.37. The van der Waals surface area contributed by atoms with Gasteiger partial charge in [0.15, 0.2) is 0 Å². The fourth-order valence-corrected chi connectivity index (χ4v) is 2.37. The quantitative estimate of drug-likeness (QED) is 0.449. The summed E-state index contributed by atoms with van der Waals surface area (Å²) >= 11 is 0. The smallest absolute Gasteiger partial charge is 0.0615 e. The molecule has 0 aliphatic rings. The van der Waals surface area contributed by atoms with Gasteiger partial charge >= 0.3 is 0 Å². The summed E-state index contributed by atoms with van der Waals surface area (Å²) in [4.78, 5) is 0. The lowest BCUT2D eigenvalue weighted by molar-refractivity contribution is 0.161. The number of methoxy groups -OCH3 is 1. The zero-order valence-corrected chi connectivity index (χ0v) is 13.3. The summed E-state index contributed by atoms with van der Waals surface area (Å²) in [6, 6.07) is 0.484. The fraction of sp³-hybridized carbons (Fsp3) is 1.00. The number of rotatable bonds is 15. The molecule has 0 amide bonds. The third kappa shape index (κ3) is 14.1. The number of nitrogens with one attached hydrogen (secondary N) is 1. The van der Waals surface area contributed by atoms with Crippen molar-refractivity contribution >= 4 is 0 Å². The molecule has 1 unspecified atom stereocenters. The van der Waals surface area contributed by atoms with Crippen molar-refractivity contribution in [3.63, 3.8) is 0 Å². The second-order valence-electron chi connectivity index (χ2n) is 5.51. The molecule has 1 atom stereocenters. The maximum Gasteiger partial charge on any atom is 0.0615 e. The molecule has 0 aliphatic carbocycles. The largest absolute Gasteiger partial charge is 0.383 e. The summed E-state index contributed by atoms with van der Waals surface area (Å²) in [5.74, 6) is 0. The molecule has 3 nitrogen and oxygen atoms in total.